The van der Waals surface area contributed by atoms with Crippen LogP contribution in [0.1, 0.15) is 5.56 Å². The minimum atomic E-state index is -4.94. The van der Waals surface area contributed by atoms with Crippen LogP contribution in [-0.4, -0.2) is 11.3 Å². The third-order valence-electron chi connectivity index (χ3n) is 1.34. The summed E-state index contributed by atoms with van der Waals surface area (Å²) in [4.78, 5) is 3.41. The summed E-state index contributed by atoms with van der Waals surface area (Å²) in [5.74, 6) is -0.829. The molecule has 0 saturated carbocycles. The van der Waals surface area contributed by atoms with Gasteiger partial charge in [-0.3, -0.25) is 0 Å². The van der Waals surface area contributed by atoms with Crippen LogP contribution in [-0.2, 0) is 0 Å². The second-order valence-electron chi connectivity index (χ2n) is 2.37. The van der Waals surface area contributed by atoms with E-state index in [1.165, 1.54) is 6.07 Å². The first-order valence-electron chi connectivity index (χ1n) is 3.45. The Labute approximate surface area is 87.0 Å². The van der Waals surface area contributed by atoms with Crippen LogP contribution >= 0.6 is 11.6 Å². The summed E-state index contributed by atoms with van der Waals surface area (Å²) in [6.07, 6.45) is -4.06. The summed E-state index contributed by atoms with van der Waals surface area (Å²) in [6.45, 7) is 0. The molecule has 1 heterocycles. The minimum absolute atomic E-state index is 0.397. The van der Waals surface area contributed by atoms with E-state index in [0.29, 0.717) is 0 Å². The molecule has 0 aliphatic heterocycles. The van der Waals surface area contributed by atoms with E-state index in [1.807, 2.05) is 0 Å². The Bertz CT molecular complexity index is 427. The zero-order chi connectivity index (χ0) is 11.6. The predicted octanol–water partition coefficient (Wildman–Crippen LogP) is 2.09. The molecule has 80 valence electrons. The Balaban J connectivity index is 3.28. The van der Waals surface area contributed by atoms with Crippen molar-refractivity contribution in [2.24, 2.45) is 0 Å². The molecule has 0 spiro atoms. The monoisotopic (exact) mass is 237 g/mol. The van der Waals surface area contributed by atoms with Crippen molar-refractivity contribution in [3.8, 4) is 11.8 Å². The van der Waals surface area contributed by atoms with Crippen LogP contribution in [0.4, 0.5) is 18.9 Å². The molecule has 0 radical (unpaired) electrons. The second kappa shape index (κ2) is 3.82. The molecule has 0 aliphatic rings. The van der Waals surface area contributed by atoms with Crippen molar-refractivity contribution in [3.05, 3.63) is 16.9 Å². The van der Waals surface area contributed by atoms with Gasteiger partial charge in [0.1, 0.15) is 11.6 Å². The molecule has 0 atom stereocenters. The van der Waals surface area contributed by atoms with Crippen LogP contribution in [0.3, 0.4) is 0 Å². The normalized spacial score (nSPS) is 10.9. The lowest BCUT2D eigenvalue weighted by atomic mass is 10.2. The van der Waals surface area contributed by atoms with E-state index >= 15 is 0 Å². The Hall–Kier alpha value is -1.68. The number of nitrogen functional groups attached to an aromatic ring is 1. The number of nitrogens with zero attached hydrogens (tertiary/aromatic N) is 2. The van der Waals surface area contributed by atoms with E-state index in [9.17, 15) is 13.2 Å². The van der Waals surface area contributed by atoms with Crippen molar-refractivity contribution in [1.29, 1.82) is 5.26 Å². The van der Waals surface area contributed by atoms with E-state index < -0.39 is 28.5 Å². The molecule has 1 aromatic heterocycles. The molecule has 0 unspecified atom stereocenters. The number of aromatic nitrogens is 1. The standard InChI is InChI=1S/C7H3ClF3N3O/c8-6-3(1-12)5(4(13)2-14-6)15-7(9,10)11/h2H,13H2. The van der Waals surface area contributed by atoms with Gasteiger partial charge in [0.2, 0.25) is 0 Å². The first-order chi connectivity index (χ1) is 6.85. The zero-order valence-corrected chi connectivity index (χ0v) is 7.73. The highest BCUT2D eigenvalue weighted by Gasteiger charge is 2.34. The second-order valence-corrected chi connectivity index (χ2v) is 2.73. The number of hydrogen-bond acceptors (Lipinski definition) is 4. The fourth-order valence-corrected chi connectivity index (χ4v) is 0.987. The molecule has 1 aromatic rings. The van der Waals surface area contributed by atoms with Crippen molar-refractivity contribution in [3.63, 3.8) is 0 Å². The van der Waals surface area contributed by atoms with Crippen LogP contribution < -0.4 is 10.5 Å². The highest BCUT2D eigenvalue weighted by Crippen LogP contribution is 2.34. The average Bonchev–Trinajstić information content (AvgIpc) is 2.10. The number of nitriles is 1. The third-order valence-corrected chi connectivity index (χ3v) is 1.63. The van der Waals surface area contributed by atoms with E-state index in [0.717, 1.165) is 6.20 Å². The summed E-state index contributed by atoms with van der Waals surface area (Å²) in [5.41, 5.74) is 4.22. The van der Waals surface area contributed by atoms with Gasteiger partial charge >= 0.3 is 6.36 Å². The van der Waals surface area contributed by atoms with Gasteiger partial charge in [0, 0.05) is 0 Å². The summed E-state index contributed by atoms with van der Waals surface area (Å²) in [7, 11) is 0. The number of rotatable bonds is 1. The van der Waals surface area contributed by atoms with E-state index in [4.69, 9.17) is 22.6 Å². The van der Waals surface area contributed by atoms with Crippen molar-refractivity contribution in [1.82, 2.24) is 4.98 Å². The molecule has 0 aliphatic carbocycles. The number of pyridine rings is 1. The maximum Gasteiger partial charge on any atom is 0.573 e. The number of ether oxygens (including phenoxy) is 1. The molecular weight excluding hydrogens is 235 g/mol. The first-order valence-corrected chi connectivity index (χ1v) is 3.82. The lowest BCUT2D eigenvalue weighted by molar-refractivity contribution is -0.274. The largest absolute Gasteiger partial charge is 0.573 e. The highest BCUT2D eigenvalue weighted by molar-refractivity contribution is 6.30. The summed E-state index contributed by atoms with van der Waals surface area (Å²) in [6, 6.07) is 1.43. The summed E-state index contributed by atoms with van der Waals surface area (Å²) < 4.78 is 39.3. The summed E-state index contributed by atoms with van der Waals surface area (Å²) in [5, 5.41) is 8.15. The van der Waals surface area contributed by atoms with Gasteiger partial charge in [0.25, 0.3) is 0 Å². The Morgan fingerprint density at radius 1 is 1.53 bits per heavy atom. The molecular formula is C7H3ClF3N3O. The van der Waals surface area contributed by atoms with Gasteiger partial charge in [-0.15, -0.1) is 13.2 Å². The lowest BCUT2D eigenvalue weighted by Crippen LogP contribution is -2.19. The van der Waals surface area contributed by atoms with Crippen molar-refractivity contribution < 1.29 is 17.9 Å². The predicted molar refractivity (Wildman–Crippen MR) is 45.1 cm³/mol. The van der Waals surface area contributed by atoms with Gasteiger partial charge < -0.3 is 10.5 Å². The van der Waals surface area contributed by atoms with Gasteiger partial charge in [-0.2, -0.15) is 5.26 Å². The topological polar surface area (TPSA) is 71.9 Å². The van der Waals surface area contributed by atoms with Crippen molar-refractivity contribution in [2.75, 3.05) is 5.73 Å². The van der Waals surface area contributed by atoms with Crippen LogP contribution in [0.15, 0.2) is 6.20 Å². The minimum Gasteiger partial charge on any atom is -0.402 e. The molecule has 8 heteroatoms. The number of halogens is 4. The molecule has 4 nitrogen and oxygen atoms in total. The summed E-state index contributed by atoms with van der Waals surface area (Å²) >= 11 is 5.39. The first kappa shape index (κ1) is 11.4. The molecule has 0 saturated heterocycles. The maximum absolute atomic E-state index is 11.9. The lowest BCUT2D eigenvalue weighted by Gasteiger charge is -2.12. The van der Waals surface area contributed by atoms with Crippen LogP contribution in [0.5, 0.6) is 5.75 Å². The van der Waals surface area contributed by atoms with Gasteiger partial charge in [0.15, 0.2) is 10.9 Å². The highest BCUT2D eigenvalue weighted by atomic mass is 35.5. The number of nitrogens with two attached hydrogens (primary N) is 1. The van der Waals surface area contributed by atoms with Gasteiger partial charge in [-0.05, 0) is 0 Å². The fourth-order valence-electron chi connectivity index (χ4n) is 0.810. The van der Waals surface area contributed by atoms with Crippen molar-refractivity contribution >= 4 is 17.3 Å². The SMILES string of the molecule is N#Cc1c(Cl)ncc(N)c1OC(F)(F)F. The molecule has 0 bridgehead atoms. The number of anilines is 1. The Morgan fingerprint density at radius 2 is 2.13 bits per heavy atom. The smallest absolute Gasteiger partial charge is 0.402 e. The molecule has 0 amide bonds. The van der Waals surface area contributed by atoms with Crippen LogP contribution in [0.25, 0.3) is 0 Å². The maximum atomic E-state index is 11.9. The van der Waals surface area contributed by atoms with Crippen LogP contribution in [0.2, 0.25) is 5.15 Å². The third kappa shape index (κ3) is 2.63. The molecule has 2 N–H and O–H groups in total. The van der Waals surface area contributed by atoms with Crippen LogP contribution in [0, 0.1) is 11.3 Å². The Morgan fingerprint density at radius 3 is 2.60 bits per heavy atom. The average molecular weight is 238 g/mol. The van der Waals surface area contributed by atoms with E-state index in [-0.39, 0.29) is 0 Å². The number of alkyl halides is 3. The molecule has 1 rings (SSSR count). The van der Waals surface area contributed by atoms with E-state index in [2.05, 4.69) is 9.72 Å². The molecule has 15 heavy (non-hydrogen) atoms. The van der Waals surface area contributed by atoms with Gasteiger partial charge in [-0.25, -0.2) is 4.98 Å². The zero-order valence-electron chi connectivity index (χ0n) is 6.97. The molecule has 0 fully saturated rings. The quantitative estimate of drug-likeness (QED) is 0.759. The molecule has 0 aromatic carbocycles. The van der Waals surface area contributed by atoms with Crippen molar-refractivity contribution in [2.45, 2.75) is 6.36 Å². The van der Waals surface area contributed by atoms with Gasteiger partial charge in [0.05, 0.1) is 11.9 Å². The van der Waals surface area contributed by atoms with Gasteiger partial charge in [-0.1, -0.05) is 11.6 Å². The Kier molecular flexibility index (Phi) is 2.90. The fraction of sp³-hybridized carbons (Fsp3) is 0.143. The van der Waals surface area contributed by atoms with E-state index in [1.54, 1.807) is 0 Å². The number of hydrogen-bond donors (Lipinski definition) is 1.